The topological polar surface area (TPSA) is 96.0 Å². The van der Waals surface area contributed by atoms with E-state index in [1.807, 2.05) is 50.2 Å². The molecule has 4 rings (SSSR count). The highest BCUT2D eigenvalue weighted by Gasteiger charge is 2.35. The van der Waals surface area contributed by atoms with E-state index in [1.54, 1.807) is 43.5 Å². The number of hydrogen-bond acceptors (Lipinski definition) is 5. The third-order valence-electron chi connectivity index (χ3n) is 7.56. The van der Waals surface area contributed by atoms with E-state index in [0.29, 0.717) is 17.7 Å². The molecule has 0 aliphatic carbocycles. The van der Waals surface area contributed by atoms with Crippen molar-refractivity contribution in [1.82, 2.24) is 10.2 Å². The van der Waals surface area contributed by atoms with E-state index in [4.69, 9.17) is 27.9 Å². The van der Waals surface area contributed by atoms with E-state index in [2.05, 4.69) is 5.32 Å². The number of hydrogen-bond donors (Lipinski definition) is 1. The lowest BCUT2D eigenvalue weighted by Gasteiger charge is -2.34. The first-order valence-corrected chi connectivity index (χ1v) is 17.0. The number of nitrogens with zero attached hydrogens (tertiary/aromatic N) is 2. The minimum Gasteiger partial charge on any atom is -0.497 e. The van der Waals surface area contributed by atoms with Crippen LogP contribution in [0.1, 0.15) is 31.4 Å². The molecule has 11 heteroatoms. The van der Waals surface area contributed by atoms with Gasteiger partial charge in [-0.15, -0.1) is 0 Å². The van der Waals surface area contributed by atoms with Crippen molar-refractivity contribution >= 4 is 50.7 Å². The maximum Gasteiger partial charge on any atom is 0.264 e. The molecule has 2 amide bonds. The van der Waals surface area contributed by atoms with Crippen LogP contribution >= 0.6 is 23.2 Å². The van der Waals surface area contributed by atoms with Crippen molar-refractivity contribution in [2.75, 3.05) is 18.0 Å². The van der Waals surface area contributed by atoms with Crippen LogP contribution in [0.2, 0.25) is 10.0 Å². The highest BCUT2D eigenvalue weighted by Crippen LogP contribution is 2.31. The number of nitrogens with one attached hydrogen (secondary N) is 1. The van der Waals surface area contributed by atoms with Gasteiger partial charge in [-0.25, -0.2) is 8.42 Å². The second-order valence-corrected chi connectivity index (χ2v) is 13.5. The smallest absolute Gasteiger partial charge is 0.264 e. The van der Waals surface area contributed by atoms with Crippen molar-refractivity contribution in [1.29, 1.82) is 0 Å². The van der Waals surface area contributed by atoms with E-state index in [-0.39, 0.29) is 45.5 Å². The fourth-order valence-electron chi connectivity index (χ4n) is 4.85. The van der Waals surface area contributed by atoms with Gasteiger partial charge in [0.05, 0.1) is 27.7 Å². The number of ether oxygens (including phenoxy) is 1. The van der Waals surface area contributed by atoms with Gasteiger partial charge in [0.2, 0.25) is 11.8 Å². The molecule has 0 aliphatic heterocycles. The Morgan fingerprint density at radius 3 is 2.13 bits per heavy atom. The van der Waals surface area contributed by atoms with Crippen LogP contribution in [-0.4, -0.2) is 50.9 Å². The molecule has 242 valence electrons. The Morgan fingerprint density at radius 1 is 0.848 bits per heavy atom. The van der Waals surface area contributed by atoms with Gasteiger partial charge in [-0.1, -0.05) is 90.8 Å². The highest BCUT2D eigenvalue weighted by atomic mass is 35.5. The van der Waals surface area contributed by atoms with E-state index in [9.17, 15) is 18.0 Å². The molecule has 0 heterocycles. The maximum absolute atomic E-state index is 14.6. The highest BCUT2D eigenvalue weighted by molar-refractivity contribution is 7.92. The summed E-state index contributed by atoms with van der Waals surface area (Å²) in [5, 5.41) is 3.39. The first kappa shape index (κ1) is 34.8. The number of carbonyl (C=O) groups excluding carboxylic acids is 2. The second kappa shape index (κ2) is 16.0. The fraction of sp³-hybridized carbons (Fsp3) is 0.257. The van der Waals surface area contributed by atoms with Gasteiger partial charge < -0.3 is 15.0 Å². The summed E-state index contributed by atoms with van der Waals surface area (Å²) >= 11 is 12.5. The number of amides is 2. The molecule has 0 bridgehead atoms. The molecule has 0 saturated carbocycles. The van der Waals surface area contributed by atoms with Crippen LogP contribution in [0.3, 0.4) is 0 Å². The van der Waals surface area contributed by atoms with Crippen LogP contribution in [0.5, 0.6) is 5.75 Å². The lowest BCUT2D eigenvalue weighted by Crippen LogP contribution is -2.54. The van der Waals surface area contributed by atoms with Gasteiger partial charge in [0, 0.05) is 19.0 Å². The van der Waals surface area contributed by atoms with Crippen molar-refractivity contribution in [3.05, 3.63) is 124 Å². The summed E-state index contributed by atoms with van der Waals surface area (Å²) in [5.74, 6) is -0.354. The number of halogens is 2. The Bertz CT molecular complexity index is 1740. The molecule has 1 N–H and O–H groups in total. The predicted molar refractivity (Wildman–Crippen MR) is 183 cm³/mol. The molecule has 46 heavy (non-hydrogen) atoms. The van der Waals surface area contributed by atoms with Crippen LogP contribution in [0.4, 0.5) is 5.69 Å². The van der Waals surface area contributed by atoms with Gasteiger partial charge in [-0.3, -0.25) is 13.9 Å². The standard InChI is InChI=1S/C35H37Cl2N3O5S/c1-4-25(2)38-35(42)33(21-26-12-7-5-8-13-26)39(23-27-14-11-15-29(20-27)45-3)34(41)24-40(28-18-19-31(36)32(37)22-28)46(43,44)30-16-9-6-10-17-30/h5-20,22,25,33H,4,21,23-24H2,1-3H3,(H,38,42)/t25-,33-/m1/s1. The maximum atomic E-state index is 14.6. The van der Waals surface area contributed by atoms with Gasteiger partial charge in [0.25, 0.3) is 10.0 Å². The van der Waals surface area contributed by atoms with Gasteiger partial charge in [-0.2, -0.15) is 0 Å². The molecule has 0 aromatic heterocycles. The first-order chi connectivity index (χ1) is 22.0. The SMILES string of the molecule is CC[C@@H](C)NC(=O)[C@@H](Cc1ccccc1)N(Cc1cccc(OC)c1)C(=O)CN(c1ccc(Cl)c(Cl)c1)S(=O)(=O)c1ccccc1. The first-order valence-electron chi connectivity index (χ1n) is 14.8. The summed E-state index contributed by atoms with van der Waals surface area (Å²) in [6, 6.07) is 27.6. The van der Waals surface area contributed by atoms with Gasteiger partial charge >= 0.3 is 0 Å². The molecule has 8 nitrogen and oxygen atoms in total. The Hall–Kier alpha value is -4.05. The molecular formula is C35H37Cl2N3O5S. The molecule has 4 aromatic rings. The van der Waals surface area contributed by atoms with Gasteiger partial charge in [0.1, 0.15) is 18.3 Å². The lowest BCUT2D eigenvalue weighted by molar-refractivity contribution is -0.140. The third-order valence-corrected chi connectivity index (χ3v) is 10.1. The van der Waals surface area contributed by atoms with Crippen LogP contribution in [-0.2, 0) is 32.6 Å². The third kappa shape index (κ3) is 8.81. The van der Waals surface area contributed by atoms with Crippen molar-refractivity contribution in [3.8, 4) is 5.75 Å². The van der Waals surface area contributed by atoms with Gasteiger partial charge in [-0.05, 0) is 66.9 Å². The average molecular weight is 683 g/mol. The van der Waals surface area contributed by atoms with Crippen molar-refractivity contribution < 1.29 is 22.7 Å². The summed E-state index contributed by atoms with van der Waals surface area (Å²) in [5.41, 5.74) is 1.69. The summed E-state index contributed by atoms with van der Waals surface area (Å²) in [6.07, 6.45) is 0.894. The van der Waals surface area contributed by atoms with Crippen LogP contribution < -0.4 is 14.4 Å². The quantitative estimate of drug-likeness (QED) is 0.159. The molecular weight excluding hydrogens is 645 g/mol. The summed E-state index contributed by atoms with van der Waals surface area (Å²) < 4.78 is 34.6. The normalized spacial score (nSPS) is 12.5. The number of benzene rings is 4. The van der Waals surface area contributed by atoms with Crippen molar-refractivity contribution in [2.24, 2.45) is 0 Å². The Kier molecular flexibility index (Phi) is 12.1. The Morgan fingerprint density at radius 2 is 1.50 bits per heavy atom. The Labute approximate surface area is 280 Å². The van der Waals surface area contributed by atoms with Crippen molar-refractivity contribution in [3.63, 3.8) is 0 Å². The number of sulfonamides is 1. The molecule has 0 fully saturated rings. The van der Waals surface area contributed by atoms with Gasteiger partial charge in [0.15, 0.2) is 0 Å². The number of rotatable bonds is 14. The average Bonchev–Trinajstić information content (AvgIpc) is 3.07. The van der Waals surface area contributed by atoms with Crippen LogP contribution in [0.25, 0.3) is 0 Å². The number of methoxy groups -OCH3 is 1. The monoisotopic (exact) mass is 681 g/mol. The molecule has 0 aliphatic rings. The summed E-state index contributed by atoms with van der Waals surface area (Å²) in [6.45, 7) is 3.26. The van der Waals surface area contributed by atoms with Crippen LogP contribution in [0.15, 0.2) is 108 Å². The summed E-state index contributed by atoms with van der Waals surface area (Å²) in [7, 11) is -2.72. The molecule has 0 radical (unpaired) electrons. The molecule has 0 saturated heterocycles. The lowest BCUT2D eigenvalue weighted by atomic mass is 10.0. The van der Waals surface area contributed by atoms with Crippen LogP contribution in [0, 0.1) is 0 Å². The Balaban J connectivity index is 1.83. The minimum atomic E-state index is -4.26. The molecule has 0 unspecified atom stereocenters. The molecule has 0 spiro atoms. The zero-order valence-electron chi connectivity index (χ0n) is 25.9. The largest absolute Gasteiger partial charge is 0.497 e. The fourth-order valence-corrected chi connectivity index (χ4v) is 6.57. The molecule has 4 aromatic carbocycles. The minimum absolute atomic E-state index is 0.0106. The number of anilines is 1. The zero-order valence-corrected chi connectivity index (χ0v) is 28.2. The number of carbonyl (C=O) groups is 2. The summed E-state index contributed by atoms with van der Waals surface area (Å²) in [4.78, 5) is 29.9. The van der Waals surface area contributed by atoms with E-state index < -0.39 is 28.5 Å². The van der Waals surface area contributed by atoms with E-state index in [1.165, 1.54) is 35.2 Å². The van der Waals surface area contributed by atoms with Crippen molar-refractivity contribution in [2.45, 2.75) is 50.2 Å². The zero-order chi connectivity index (χ0) is 33.3. The second-order valence-electron chi connectivity index (χ2n) is 10.8. The molecule has 2 atom stereocenters. The van der Waals surface area contributed by atoms with E-state index in [0.717, 1.165) is 9.87 Å². The predicted octanol–water partition coefficient (Wildman–Crippen LogP) is 6.75. The van der Waals surface area contributed by atoms with E-state index >= 15 is 0 Å².